The van der Waals surface area contributed by atoms with Crippen molar-refractivity contribution in [1.29, 1.82) is 0 Å². The van der Waals surface area contributed by atoms with Crippen LogP contribution in [0.5, 0.6) is 0 Å². The van der Waals surface area contributed by atoms with Gasteiger partial charge in [-0.2, -0.15) is 0 Å². The third-order valence-electron chi connectivity index (χ3n) is 0. The third kappa shape index (κ3) is 100. The summed E-state index contributed by atoms with van der Waals surface area (Å²) in [4.78, 5) is 0. The van der Waals surface area contributed by atoms with Crippen LogP contribution in [0.1, 0.15) is 0 Å². The maximum Gasteiger partial charge on any atom is 3.00 e. The minimum absolute atomic E-state index is 0. The normalized spacial score (nSPS) is 0. The average Bonchev–Trinajstić information content (AvgIpc) is 0. The fourth-order valence-electron chi connectivity index (χ4n) is 0. The van der Waals surface area contributed by atoms with E-state index in [0.29, 0.717) is 0 Å². The zero-order chi connectivity index (χ0) is 0. The fourth-order valence-corrected chi connectivity index (χ4v) is 0. The summed E-state index contributed by atoms with van der Waals surface area (Å²) < 4.78 is 0. The van der Waals surface area contributed by atoms with Crippen LogP contribution in [0.25, 0.3) is 0 Å². The van der Waals surface area contributed by atoms with Gasteiger partial charge in [-0.3, -0.25) is 0 Å². The van der Waals surface area contributed by atoms with E-state index in [-0.39, 0.29) is 265 Å². The van der Waals surface area contributed by atoms with Gasteiger partial charge in [-0.25, -0.2) is 0 Å². The van der Waals surface area contributed by atoms with Crippen LogP contribution in [-0.2, 0) is 188 Å². The van der Waals surface area contributed by atoms with Crippen molar-refractivity contribution in [3.63, 3.8) is 0 Å². The molecule has 0 aromatic carbocycles. The van der Waals surface area contributed by atoms with Crippen LogP contribution >= 0.6 is 0 Å². The number of rotatable bonds is 0. The molecule has 0 unspecified atom stereocenters. The second-order valence-electron chi connectivity index (χ2n) is 0. The van der Waals surface area contributed by atoms with Crippen molar-refractivity contribution in [2.45, 2.75) is 0 Å². The molecule has 0 saturated carbocycles. The predicted molar refractivity (Wildman–Crippen MR) is 51.6 cm³/mol. The van der Waals surface area contributed by atoms with Crippen LogP contribution in [-0.4, -0.2) is 0 Å². The molecule has 0 heterocycles. The molecule has 13 heavy (non-hydrogen) atoms. The third-order valence-corrected chi connectivity index (χ3v) is 0. The van der Waals surface area contributed by atoms with Crippen LogP contribution < -0.4 is 0 Å². The molecule has 0 aliphatic rings. The Morgan fingerprint density at radius 3 is 0.308 bits per heavy atom. The molecule has 13 heteroatoms. The molecule has 0 fully saturated rings. The molecule has 0 aromatic heterocycles. The molecular formula is Cd2S7Tb2Zn2. The van der Waals surface area contributed by atoms with Gasteiger partial charge in [0.15, 0.2) is 0 Å². The maximum atomic E-state index is 0. The summed E-state index contributed by atoms with van der Waals surface area (Å²) in [5.74, 6) is 0. The first-order valence-corrected chi connectivity index (χ1v) is 0. The fraction of sp³-hybridized carbons (Fsp3) is 0. The Bertz CT molecular complexity index is 22.5. The molecule has 0 spiro atoms. The number of hydrogen-bond acceptors (Lipinski definition) is 0. The van der Waals surface area contributed by atoms with Crippen molar-refractivity contribution in [2.75, 3.05) is 0 Å². The van der Waals surface area contributed by atoms with Gasteiger partial charge in [0.1, 0.15) is 0 Å². The van der Waals surface area contributed by atoms with Crippen molar-refractivity contribution in [2.24, 2.45) is 0 Å². The molecule has 0 rings (SSSR count). The van der Waals surface area contributed by atoms with E-state index in [2.05, 4.69) is 0 Å². The van der Waals surface area contributed by atoms with Gasteiger partial charge in [0.2, 0.25) is 0 Å². The Morgan fingerprint density at radius 1 is 0.308 bits per heavy atom. The van der Waals surface area contributed by atoms with Gasteiger partial charge >= 0.3 is 171 Å². The Morgan fingerprint density at radius 2 is 0.308 bits per heavy atom. The van der Waals surface area contributed by atoms with Crippen LogP contribution in [0.15, 0.2) is 0 Å². The minimum atomic E-state index is 0. The van der Waals surface area contributed by atoms with Gasteiger partial charge < -0.3 is 94.5 Å². The van der Waals surface area contributed by atoms with Crippen LogP contribution in [0.4, 0.5) is 0 Å². The molecule has 0 N–H and O–H groups in total. The van der Waals surface area contributed by atoms with Gasteiger partial charge in [-0.15, -0.1) is 0 Å². The van der Waals surface area contributed by atoms with E-state index in [9.17, 15) is 0 Å². The second kappa shape index (κ2) is 112. The zero-order valence-electron chi connectivity index (χ0n) is 6.35. The average molecular weight is 898 g/mol. The molecule has 0 aromatic rings. The monoisotopic (exact) mass is 897 g/mol. The van der Waals surface area contributed by atoms with Crippen LogP contribution in [0.3, 0.4) is 0 Å². The summed E-state index contributed by atoms with van der Waals surface area (Å²) in [7, 11) is 0. The molecule has 0 radical (unpaired) electrons. The van der Waals surface area contributed by atoms with E-state index in [1.54, 1.807) is 0 Å². The zero-order valence-corrected chi connectivity index (χ0v) is 30.4. The molecule has 0 aliphatic carbocycles. The molecule has 68 valence electrons. The van der Waals surface area contributed by atoms with Crippen molar-refractivity contribution in [3.8, 4) is 0 Å². The Kier molecular flexibility index (Phi) is 1110. The molecule has 0 atom stereocenters. The van der Waals surface area contributed by atoms with Crippen molar-refractivity contribution < 1.29 is 171 Å². The van der Waals surface area contributed by atoms with E-state index in [0.717, 1.165) is 0 Å². The second-order valence-corrected chi connectivity index (χ2v) is 0. The van der Waals surface area contributed by atoms with E-state index < -0.39 is 0 Å². The first-order chi connectivity index (χ1) is 0. The van der Waals surface area contributed by atoms with Gasteiger partial charge in [0, 0.05) is 0 Å². The Balaban J connectivity index is 0. The summed E-state index contributed by atoms with van der Waals surface area (Å²) in [5.41, 5.74) is 0. The summed E-state index contributed by atoms with van der Waals surface area (Å²) in [6.45, 7) is 0. The molecular weight excluding hydrogens is 898 g/mol. The molecule has 0 nitrogen and oxygen atoms in total. The van der Waals surface area contributed by atoms with E-state index >= 15 is 0 Å². The summed E-state index contributed by atoms with van der Waals surface area (Å²) in [6, 6.07) is 0. The van der Waals surface area contributed by atoms with Crippen molar-refractivity contribution >= 4 is 94.5 Å². The Labute approximate surface area is 258 Å². The van der Waals surface area contributed by atoms with Gasteiger partial charge in [-0.1, -0.05) is 0 Å². The van der Waals surface area contributed by atoms with Crippen LogP contribution in [0.2, 0.25) is 0 Å². The molecule has 0 bridgehead atoms. The SMILES string of the molecule is [Cd+2].[Cd+2].[S-2].[S-2].[S-2].[S-2].[S-2].[S-2].[S-2].[Tb+3].[Tb+3].[Zn+2].[Zn+2]. The summed E-state index contributed by atoms with van der Waals surface area (Å²) in [6.07, 6.45) is 0. The topological polar surface area (TPSA) is 0 Å². The first kappa shape index (κ1) is 130. The van der Waals surface area contributed by atoms with E-state index in [4.69, 9.17) is 0 Å². The number of hydrogen-bond donors (Lipinski definition) is 0. The van der Waals surface area contributed by atoms with Gasteiger partial charge in [0.25, 0.3) is 0 Å². The van der Waals surface area contributed by atoms with E-state index in [1.807, 2.05) is 0 Å². The predicted octanol–water partition coefficient (Wildman–Crippen LogP) is -0.0268. The van der Waals surface area contributed by atoms with Crippen LogP contribution in [0, 0.1) is 77.2 Å². The quantitative estimate of drug-likeness (QED) is 0.301. The van der Waals surface area contributed by atoms with Crippen molar-refractivity contribution in [1.82, 2.24) is 0 Å². The first-order valence-electron chi connectivity index (χ1n) is 0. The Hall–Kier alpha value is 8.11. The maximum absolute atomic E-state index is 0. The van der Waals surface area contributed by atoms with Gasteiger partial charge in [0.05, 0.1) is 0 Å². The van der Waals surface area contributed by atoms with E-state index in [1.165, 1.54) is 0 Å². The van der Waals surface area contributed by atoms with Crippen molar-refractivity contribution in [3.05, 3.63) is 0 Å². The van der Waals surface area contributed by atoms with Gasteiger partial charge in [-0.05, 0) is 0 Å². The minimum Gasteiger partial charge on any atom is -2.00 e. The molecule has 0 saturated heterocycles. The largest absolute Gasteiger partial charge is 3.00 e. The smallest absolute Gasteiger partial charge is 2.00 e. The molecule has 0 amide bonds. The molecule has 0 aliphatic heterocycles. The standard InChI is InChI=1S/2Cd.7S.2Tb.2Zn/q2*+2;7*-2;2*+3;2*+2. The summed E-state index contributed by atoms with van der Waals surface area (Å²) in [5, 5.41) is 0. The summed E-state index contributed by atoms with van der Waals surface area (Å²) >= 11 is 0.